The fourth-order valence-corrected chi connectivity index (χ4v) is 3.72. The number of amides is 1. The van der Waals surface area contributed by atoms with Crippen LogP contribution in [0.15, 0.2) is 53.6 Å². The zero-order valence-corrected chi connectivity index (χ0v) is 15.1. The highest BCUT2D eigenvalue weighted by atomic mass is 32.2. The van der Waals surface area contributed by atoms with Crippen molar-refractivity contribution in [2.24, 2.45) is 0 Å². The van der Waals surface area contributed by atoms with E-state index in [0.29, 0.717) is 4.90 Å². The Hall–Kier alpha value is -2.84. The third-order valence-electron chi connectivity index (χ3n) is 4.11. The number of hydrogen-bond donors (Lipinski definition) is 3. The molecule has 3 rings (SSSR count). The maximum absolute atomic E-state index is 12.5. The molecule has 1 heterocycles. The van der Waals surface area contributed by atoms with E-state index in [1.54, 1.807) is 31.4 Å². The van der Waals surface area contributed by atoms with Gasteiger partial charge < -0.3 is 10.3 Å². The number of aromatic amines is 1. The number of nitrogens with one attached hydrogen (secondary N) is 3. The quantitative estimate of drug-likeness (QED) is 0.350. The molecule has 2 aromatic carbocycles. The van der Waals surface area contributed by atoms with E-state index in [2.05, 4.69) is 15.0 Å². The average molecular weight is 370 g/mol. The molecule has 26 heavy (non-hydrogen) atoms. The highest BCUT2D eigenvalue weighted by molar-refractivity contribution is 7.97. The molecule has 7 nitrogen and oxygen atoms in total. The molecule has 1 amide bonds. The second-order valence-electron chi connectivity index (χ2n) is 5.73. The molecule has 0 bridgehead atoms. The maximum atomic E-state index is 12.5. The molecular weight excluding hydrogens is 352 g/mol. The molecule has 1 aromatic heterocycles. The van der Waals surface area contributed by atoms with Gasteiger partial charge in [-0.3, -0.25) is 14.9 Å². The number of likely N-dealkylation sites (N-methyl/N-ethyl adjacent to an activating group) is 1. The Kier molecular flexibility index (Phi) is 5.24. The molecule has 0 unspecified atom stereocenters. The number of aryl methyl sites for hydroxylation is 1. The minimum Gasteiger partial charge on any atom is -0.361 e. The summed E-state index contributed by atoms with van der Waals surface area (Å²) >= 11 is 1.07. The zero-order chi connectivity index (χ0) is 18.7. The van der Waals surface area contributed by atoms with Gasteiger partial charge in [-0.2, -0.15) is 0 Å². The number of para-hydroxylation sites is 1. The van der Waals surface area contributed by atoms with E-state index >= 15 is 0 Å². The molecule has 0 saturated heterocycles. The van der Waals surface area contributed by atoms with Crippen molar-refractivity contribution in [3.63, 3.8) is 0 Å². The first-order valence-corrected chi connectivity index (χ1v) is 8.78. The van der Waals surface area contributed by atoms with Crippen LogP contribution in [-0.2, 0) is 4.79 Å². The Balaban J connectivity index is 1.95. The Morgan fingerprint density at radius 1 is 1.23 bits per heavy atom. The van der Waals surface area contributed by atoms with Gasteiger partial charge in [0.15, 0.2) is 0 Å². The molecule has 0 aliphatic carbocycles. The van der Waals surface area contributed by atoms with Gasteiger partial charge in [-0.15, -0.1) is 0 Å². The van der Waals surface area contributed by atoms with Crippen molar-refractivity contribution in [2.75, 3.05) is 7.05 Å². The Morgan fingerprint density at radius 2 is 2.00 bits per heavy atom. The van der Waals surface area contributed by atoms with Crippen LogP contribution >= 0.6 is 11.9 Å². The number of aromatic nitrogens is 1. The van der Waals surface area contributed by atoms with Crippen LogP contribution in [0.2, 0.25) is 0 Å². The molecule has 134 valence electrons. The standard InChI is InChI=1S/C18H18N4O3S/c1-11-6-5-7-13-16(11)12(10-20-13)17(18(23)19-2)21-26-15-9-4-3-8-14(15)22(24)25/h3-10,17,20-21H,1-2H3,(H,19,23)/t17-/m1/s1. The Bertz CT molecular complexity index is 970. The number of rotatable bonds is 6. The number of nitrogens with zero attached hydrogens (tertiary/aromatic N) is 1. The molecule has 3 aromatic rings. The smallest absolute Gasteiger partial charge is 0.284 e. The lowest BCUT2D eigenvalue weighted by atomic mass is 10.0. The SMILES string of the molecule is CNC(=O)[C@H](NSc1ccccc1[N+](=O)[O-])c1c[nH]c2cccc(C)c12. The number of nitro benzene ring substituents is 1. The van der Waals surface area contributed by atoms with Crippen LogP contribution in [-0.4, -0.2) is 22.9 Å². The fourth-order valence-electron chi connectivity index (χ4n) is 2.85. The lowest BCUT2D eigenvalue weighted by molar-refractivity contribution is -0.387. The lowest BCUT2D eigenvalue weighted by Crippen LogP contribution is -2.32. The summed E-state index contributed by atoms with van der Waals surface area (Å²) in [5, 5.41) is 14.8. The molecule has 0 aliphatic heterocycles. The van der Waals surface area contributed by atoms with Crippen LogP contribution in [0.25, 0.3) is 10.9 Å². The minimum absolute atomic E-state index is 0.00392. The number of fused-ring (bicyclic) bond motifs is 1. The van der Waals surface area contributed by atoms with Gasteiger partial charge in [0, 0.05) is 35.8 Å². The molecule has 0 spiro atoms. The Labute approximate surface area is 154 Å². The van der Waals surface area contributed by atoms with Crippen LogP contribution in [0.5, 0.6) is 0 Å². The fraction of sp³-hybridized carbons (Fsp3) is 0.167. The minimum atomic E-state index is -0.667. The van der Waals surface area contributed by atoms with Crippen LogP contribution in [0.1, 0.15) is 17.2 Å². The first kappa shape index (κ1) is 18.0. The largest absolute Gasteiger partial charge is 0.361 e. The van der Waals surface area contributed by atoms with Gasteiger partial charge in [-0.25, -0.2) is 4.72 Å². The van der Waals surface area contributed by atoms with E-state index in [1.165, 1.54) is 6.07 Å². The highest BCUT2D eigenvalue weighted by Gasteiger charge is 2.25. The van der Waals surface area contributed by atoms with E-state index in [4.69, 9.17) is 0 Å². The molecule has 3 N–H and O–H groups in total. The predicted molar refractivity (Wildman–Crippen MR) is 102 cm³/mol. The van der Waals surface area contributed by atoms with Crippen molar-refractivity contribution >= 4 is 34.4 Å². The van der Waals surface area contributed by atoms with Crippen molar-refractivity contribution < 1.29 is 9.72 Å². The summed E-state index contributed by atoms with van der Waals surface area (Å²) in [6, 6.07) is 11.6. The molecule has 0 radical (unpaired) electrons. The third-order valence-corrected chi connectivity index (χ3v) is 5.03. The number of H-pyrrole nitrogens is 1. The number of carbonyl (C=O) groups excluding carboxylic acids is 1. The zero-order valence-electron chi connectivity index (χ0n) is 14.3. The summed E-state index contributed by atoms with van der Waals surface area (Å²) < 4.78 is 3.08. The average Bonchev–Trinajstić information content (AvgIpc) is 3.07. The van der Waals surface area contributed by atoms with Crippen LogP contribution in [0.3, 0.4) is 0 Å². The molecule has 0 aliphatic rings. The molecule has 0 saturated carbocycles. The van der Waals surface area contributed by atoms with Gasteiger partial charge >= 0.3 is 0 Å². The normalized spacial score (nSPS) is 12.1. The van der Waals surface area contributed by atoms with Gasteiger partial charge in [-0.05, 0) is 36.6 Å². The van der Waals surface area contributed by atoms with Gasteiger partial charge in [0.25, 0.3) is 5.69 Å². The van der Waals surface area contributed by atoms with E-state index in [1.807, 2.05) is 25.1 Å². The predicted octanol–water partition coefficient (Wildman–Crippen LogP) is 3.47. The number of nitro groups is 1. The van der Waals surface area contributed by atoms with Crippen molar-refractivity contribution in [3.05, 3.63) is 69.9 Å². The van der Waals surface area contributed by atoms with E-state index in [9.17, 15) is 14.9 Å². The summed E-state index contributed by atoms with van der Waals surface area (Å²) in [6.07, 6.45) is 1.80. The van der Waals surface area contributed by atoms with E-state index < -0.39 is 11.0 Å². The summed E-state index contributed by atoms with van der Waals surface area (Å²) in [6.45, 7) is 1.98. The van der Waals surface area contributed by atoms with Gasteiger partial charge in [0.2, 0.25) is 5.91 Å². The Morgan fingerprint density at radius 3 is 2.73 bits per heavy atom. The van der Waals surface area contributed by atoms with Crippen LogP contribution in [0.4, 0.5) is 5.69 Å². The summed E-state index contributed by atoms with van der Waals surface area (Å²) in [5.41, 5.74) is 2.77. The highest BCUT2D eigenvalue weighted by Crippen LogP contribution is 2.32. The first-order valence-electron chi connectivity index (χ1n) is 7.97. The van der Waals surface area contributed by atoms with E-state index in [0.717, 1.165) is 34.0 Å². The van der Waals surface area contributed by atoms with Gasteiger partial charge in [0.05, 0.1) is 4.92 Å². The van der Waals surface area contributed by atoms with Gasteiger partial charge in [0.1, 0.15) is 10.9 Å². The van der Waals surface area contributed by atoms with Crippen LogP contribution < -0.4 is 10.0 Å². The lowest BCUT2D eigenvalue weighted by Gasteiger charge is -2.17. The topological polar surface area (TPSA) is 100 Å². The maximum Gasteiger partial charge on any atom is 0.284 e. The molecule has 8 heteroatoms. The molecular formula is C18H18N4O3S. The van der Waals surface area contributed by atoms with Crippen molar-refractivity contribution in [2.45, 2.75) is 17.9 Å². The second kappa shape index (κ2) is 7.59. The molecule has 1 atom stereocenters. The number of carbonyl (C=O) groups is 1. The third kappa shape index (κ3) is 3.42. The number of hydrogen-bond acceptors (Lipinski definition) is 5. The molecule has 0 fully saturated rings. The van der Waals surface area contributed by atoms with Gasteiger partial charge in [-0.1, -0.05) is 24.3 Å². The summed E-state index contributed by atoms with van der Waals surface area (Å²) in [7, 11) is 1.56. The first-order chi connectivity index (χ1) is 12.5. The summed E-state index contributed by atoms with van der Waals surface area (Å²) in [4.78, 5) is 26.8. The monoisotopic (exact) mass is 370 g/mol. The van der Waals surface area contributed by atoms with Crippen molar-refractivity contribution in [3.8, 4) is 0 Å². The van der Waals surface area contributed by atoms with E-state index in [-0.39, 0.29) is 11.6 Å². The van der Waals surface area contributed by atoms with Crippen molar-refractivity contribution in [1.82, 2.24) is 15.0 Å². The second-order valence-corrected chi connectivity index (χ2v) is 6.61. The summed E-state index contributed by atoms with van der Waals surface area (Å²) in [5.74, 6) is -0.222. The number of benzene rings is 2. The van der Waals surface area contributed by atoms with Crippen LogP contribution in [0, 0.1) is 17.0 Å². The van der Waals surface area contributed by atoms with Crippen molar-refractivity contribution in [1.29, 1.82) is 0 Å².